The van der Waals surface area contributed by atoms with Crippen molar-refractivity contribution in [2.24, 2.45) is 0 Å². The van der Waals surface area contributed by atoms with Gasteiger partial charge in [0.25, 0.3) is 5.91 Å². The molecule has 75 valence electrons. The molecule has 0 aliphatic heterocycles. The zero-order valence-electron chi connectivity index (χ0n) is 8.14. The summed E-state index contributed by atoms with van der Waals surface area (Å²) in [5.74, 6) is -0.846. The van der Waals surface area contributed by atoms with Crippen LogP contribution in [0.5, 0.6) is 0 Å². The highest BCUT2D eigenvalue weighted by Gasteiger charge is 2.27. The molecule has 0 aromatic rings. The number of alkyl carbamates (subject to hydrolysis) is 1. The van der Waals surface area contributed by atoms with E-state index in [0.29, 0.717) is 6.61 Å². The van der Waals surface area contributed by atoms with Crippen LogP contribution in [0.15, 0.2) is 0 Å². The minimum absolute atomic E-state index is 0.314. The maximum absolute atomic E-state index is 11.0. The van der Waals surface area contributed by atoms with Crippen molar-refractivity contribution in [2.45, 2.75) is 32.7 Å². The van der Waals surface area contributed by atoms with E-state index in [0.717, 1.165) is 6.42 Å². The lowest BCUT2D eigenvalue weighted by molar-refractivity contribution is -0.123. The number of rotatable bonds is 4. The van der Waals surface area contributed by atoms with Crippen molar-refractivity contribution >= 4 is 12.0 Å². The van der Waals surface area contributed by atoms with Gasteiger partial charge < -0.3 is 10.1 Å². The van der Waals surface area contributed by atoms with Gasteiger partial charge in [0.15, 0.2) is 0 Å². The van der Waals surface area contributed by atoms with Gasteiger partial charge in [0.05, 0.1) is 6.61 Å². The second-order valence-corrected chi connectivity index (χ2v) is 3.22. The summed E-state index contributed by atoms with van der Waals surface area (Å²) in [5, 5.41) is 2.29. The summed E-state index contributed by atoms with van der Waals surface area (Å²) in [6.07, 6.45) is 0.0651. The van der Waals surface area contributed by atoms with E-state index in [1.807, 2.05) is 6.92 Å². The Morgan fingerprint density at radius 3 is 2.38 bits per heavy atom. The highest BCUT2D eigenvalue weighted by molar-refractivity contribution is 5.87. The number of amides is 2. The number of carbonyl (C=O) groups is 2. The van der Waals surface area contributed by atoms with Crippen molar-refractivity contribution < 1.29 is 14.3 Å². The van der Waals surface area contributed by atoms with Crippen LogP contribution in [-0.4, -0.2) is 24.1 Å². The normalized spacial score (nSPS) is 10.7. The Morgan fingerprint density at radius 2 is 2.00 bits per heavy atom. The lowest BCUT2D eigenvalue weighted by Crippen LogP contribution is -2.50. The molecule has 0 aromatic carbocycles. The van der Waals surface area contributed by atoms with Crippen molar-refractivity contribution in [3.05, 3.63) is 0 Å². The Hall–Kier alpha value is -1.26. The van der Waals surface area contributed by atoms with Crippen LogP contribution >= 0.6 is 0 Å². The summed E-state index contributed by atoms with van der Waals surface area (Å²) < 4.78 is 4.69. The first-order valence-corrected chi connectivity index (χ1v) is 4.11. The predicted molar refractivity (Wildman–Crippen MR) is 47.0 cm³/mol. The molecular weight excluding hydrogens is 172 g/mol. The second-order valence-electron chi connectivity index (χ2n) is 3.22. The first-order valence-electron chi connectivity index (χ1n) is 4.11. The zero-order chi connectivity index (χ0) is 10.5. The Labute approximate surface area is 77.6 Å². The van der Waals surface area contributed by atoms with Crippen LogP contribution < -0.4 is 11.1 Å². The number of hydrogen-bond acceptors (Lipinski definition) is 3. The predicted octanol–water partition coefficient (Wildman–Crippen LogP) is 0.711. The highest BCUT2D eigenvalue weighted by atomic mass is 16.5. The molecular formula is C8H15N2O3. The average Bonchev–Trinajstić information content (AvgIpc) is 1.99. The van der Waals surface area contributed by atoms with Gasteiger partial charge in [-0.2, -0.15) is 0 Å². The summed E-state index contributed by atoms with van der Waals surface area (Å²) in [7, 11) is 0. The van der Waals surface area contributed by atoms with Gasteiger partial charge in [0, 0.05) is 0 Å². The largest absolute Gasteiger partial charge is 0.450 e. The fourth-order valence-electron chi connectivity index (χ4n) is 0.543. The minimum Gasteiger partial charge on any atom is -0.450 e. The van der Waals surface area contributed by atoms with E-state index in [-0.39, 0.29) is 0 Å². The van der Waals surface area contributed by atoms with Crippen LogP contribution in [0, 0.1) is 0 Å². The van der Waals surface area contributed by atoms with Crippen molar-refractivity contribution in [3.8, 4) is 0 Å². The SMILES string of the molecule is CCCOC(=O)NC(C)(C)C([NH])=O. The van der Waals surface area contributed by atoms with E-state index in [4.69, 9.17) is 10.5 Å². The molecule has 0 saturated carbocycles. The topological polar surface area (TPSA) is 79.2 Å². The van der Waals surface area contributed by atoms with Gasteiger partial charge in [0.2, 0.25) is 0 Å². The summed E-state index contributed by atoms with van der Waals surface area (Å²) in [6.45, 7) is 5.09. The number of ether oxygens (including phenoxy) is 1. The van der Waals surface area contributed by atoms with Crippen molar-refractivity contribution in [1.29, 1.82) is 0 Å². The van der Waals surface area contributed by atoms with E-state index in [9.17, 15) is 9.59 Å². The lowest BCUT2D eigenvalue weighted by atomic mass is 10.1. The number of hydrogen-bond donors (Lipinski definition) is 1. The molecule has 5 heteroatoms. The van der Waals surface area contributed by atoms with E-state index < -0.39 is 17.5 Å². The Kier molecular flexibility index (Phi) is 4.23. The van der Waals surface area contributed by atoms with Gasteiger partial charge in [-0.05, 0) is 20.3 Å². The fourth-order valence-corrected chi connectivity index (χ4v) is 0.543. The second kappa shape index (κ2) is 4.69. The lowest BCUT2D eigenvalue weighted by Gasteiger charge is -2.20. The molecule has 0 heterocycles. The molecule has 0 bridgehead atoms. The van der Waals surface area contributed by atoms with E-state index in [1.165, 1.54) is 13.8 Å². The summed E-state index contributed by atoms with van der Waals surface area (Å²) in [4.78, 5) is 21.6. The Bertz CT molecular complexity index is 202. The molecule has 2 N–H and O–H groups in total. The van der Waals surface area contributed by atoms with Crippen molar-refractivity contribution in [3.63, 3.8) is 0 Å². The van der Waals surface area contributed by atoms with Crippen LogP contribution in [0.1, 0.15) is 27.2 Å². The molecule has 5 nitrogen and oxygen atoms in total. The smallest absolute Gasteiger partial charge is 0.407 e. The third-order valence-corrected chi connectivity index (χ3v) is 1.42. The molecule has 13 heavy (non-hydrogen) atoms. The molecule has 0 aliphatic carbocycles. The van der Waals surface area contributed by atoms with Gasteiger partial charge in [0.1, 0.15) is 5.54 Å². The van der Waals surface area contributed by atoms with Gasteiger partial charge in [-0.15, -0.1) is 0 Å². The van der Waals surface area contributed by atoms with Gasteiger partial charge in [-0.25, -0.2) is 4.79 Å². The van der Waals surface area contributed by atoms with Crippen molar-refractivity contribution in [2.75, 3.05) is 6.61 Å². The molecule has 0 aromatic heterocycles. The van der Waals surface area contributed by atoms with E-state index in [2.05, 4.69) is 5.32 Å². The van der Waals surface area contributed by atoms with Crippen LogP contribution in [0.2, 0.25) is 0 Å². The maximum Gasteiger partial charge on any atom is 0.407 e. The third kappa shape index (κ3) is 4.35. The molecule has 0 aliphatic rings. The van der Waals surface area contributed by atoms with E-state index in [1.54, 1.807) is 0 Å². The molecule has 0 spiro atoms. The molecule has 0 saturated heterocycles. The first kappa shape index (κ1) is 11.7. The molecule has 0 fully saturated rings. The van der Waals surface area contributed by atoms with Crippen molar-refractivity contribution in [1.82, 2.24) is 11.1 Å². The van der Waals surface area contributed by atoms with Gasteiger partial charge in [-0.1, -0.05) is 6.92 Å². The first-order chi connectivity index (χ1) is 5.90. The Balaban J connectivity index is 3.97. The summed E-state index contributed by atoms with van der Waals surface area (Å²) >= 11 is 0. The minimum atomic E-state index is -1.18. The molecule has 0 atom stereocenters. The summed E-state index contributed by atoms with van der Waals surface area (Å²) in [5.41, 5.74) is 5.67. The Morgan fingerprint density at radius 1 is 1.46 bits per heavy atom. The average molecular weight is 187 g/mol. The molecule has 0 unspecified atom stereocenters. The maximum atomic E-state index is 11.0. The fraction of sp³-hybridized carbons (Fsp3) is 0.750. The van der Waals surface area contributed by atoms with Crippen LogP contribution in [0.3, 0.4) is 0 Å². The molecule has 1 radical (unpaired) electrons. The van der Waals surface area contributed by atoms with Gasteiger partial charge >= 0.3 is 6.09 Å². The number of carbonyl (C=O) groups excluding carboxylic acids is 2. The zero-order valence-corrected chi connectivity index (χ0v) is 8.14. The third-order valence-electron chi connectivity index (χ3n) is 1.42. The summed E-state index contributed by atoms with van der Waals surface area (Å²) in [6, 6.07) is 0. The van der Waals surface area contributed by atoms with Crippen LogP contribution in [0.4, 0.5) is 4.79 Å². The molecule has 2 amide bonds. The quantitative estimate of drug-likeness (QED) is 0.703. The standard InChI is InChI=1S/C8H15N2O3/c1-4-5-13-7(12)10-8(2,3)6(9)11/h9H,4-5H2,1-3H3,(H,10,12). The number of nitrogens with one attached hydrogen (secondary N) is 2. The van der Waals surface area contributed by atoms with E-state index >= 15 is 0 Å². The van der Waals surface area contributed by atoms with Crippen LogP contribution in [-0.2, 0) is 9.53 Å². The van der Waals surface area contributed by atoms with Gasteiger partial charge in [-0.3, -0.25) is 10.5 Å². The van der Waals surface area contributed by atoms with Crippen LogP contribution in [0.25, 0.3) is 0 Å². The highest BCUT2D eigenvalue weighted by Crippen LogP contribution is 2.01. The monoisotopic (exact) mass is 187 g/mol. The molecule has 0 rings (SSSR count).